The van der Waals surface area contributed by atoms with Gasteiger partial charge in [-0.3, -0.25) is 110 Å². The standard InChI is InChI=1S/C95H160N38O17/c1-5-53(4)72(127-75(136)59(25-10-38-113-91(101)102)119-73(134)56(96)22-8-36-111-89(97)98)81(142)123-62(28-13-41-116-94(107)108)84(145)130-45-17-33-69(130)80(141)126-65(50-54-51-118-57-23-7-6-21-55(54)57)86(147)133-48-20-35-71(133)87(148)132-47-19-34-70(132)76(137)120-58(24-9-37-112-90(99)100)74(135)125-64(49-52(2)3)85(146)131-46-18-31-67(131)78(139)122-60(26-11-39-114-92(103)104)82(143)128-43-15-30-66(128)77(138)121-61(27-12-40-115-93(105)106)83(144)129-44-16-32-68(129)79(140)124-63(88(149)150)29-14-42-117-95(109)110/h6-7,21,23,51-53,56,58-72,118H,5,8-20,22,24-50,96H2,1-4H3,(H,119,134)(H,120,137)(H,121,138)(H,122,139)(H,123,142)(H,124,140)(H,125,135)(H,126,141)(H,127,136)(H,149,150)(H4,97,98,111)(H4,99,100,112)(H4,101,102,113)(H4,103,104,114)(H4,105,106,115)(H4,107,108,116)(H4,109,110,117)/t53-,56-,58-,59-,60-,61-,62-,63-,64-,65-,66-,67-,68-,69-,70-,71-,72-/m0/s1. The summed E-state index contributed by atoms with van der Waals surface area (Å²) in [5.41, 5.74) is 46.4. The maximum atomic E-state index is 15.8. The molecule has 6 saturated heterocycles. The molecule has 6 fully saturated rings. The summed E-state index contributed by atoms with van der Waals surface area (Å²) in [5.74, 6) is -15.4. The maximum absolute atomic E-state index is 15.8. The molecule has 6 aliphatic rings. The monoisotopic (exact) mass is 2110 g/mol. The minimum atomic E-state index is -1.42. The van der Waals surface area contributed by atoms with E-state index in [2.05, 4.69) is 90.1 Å². The molecule has 0 unspecified atom stereocenters. The number of nitrogens with two attached hydrogens (primary N) is 8. The minimum absolute atomic E-state index is 0.000541. The van der Waals surface area contributed by atoms with E-state index in [9.17, 15) is 38.7 Å². The molecular weight excluding hydrogens is 1950 g/mol. The summed E-state index contributed by atoms with van der Waals surface area (Å²) in [5, 5.41) is 108. The number of guanidine groups is 7. The van der Waals surface area contributed by atoms with Crippen molar-refractivity contribution in [2.45, 2.75) is 311 Å². The first-order valence-electron chi connectivity index (χ1n) is 52.0. The van der Waals surface area contributed by atoms with Crippen LogP contribution in [0.5, 0.6) is 0 Å². The molecule has 55 nitrogen and oxygen atoms in total. The first-order chi connectivity index (χ1) is 71.4. The quantitative estimate of drug-likeness (QED) is 0.0166. The zero-order valence-electron chi connectivity index (χ0n) is 86.3. The summed E-state index contributed by atoms with van der Waals surface area (Å²) in [6, 6.07) is -13.1. The Kier molecular flexibility index (Phi) is 48.1. The van der Waals surface area contributed by atoms with Crippen LogP contribution in [-0.4, -0.2) is 358 Å². The second kappa shape index (κ2) is 60.0. The number of hydrogen-bond donors (Lipinski definition) is 33. The Hall–Kier alpha value is -14.9. The summed E-state index contributed by atoms with van der Waals surface area (Å²) in [4.78, 5) is 248. The molecule has 7 heterocycles. The minimum Gasteiger partial charge on any atom is -0.480 e. The fraction of sp³-hybridized carbons (Fsp3) is 0.674. The predicted molar refractivity (Wildman–Crippen MR) is 556 cm³/mol. The van der Waals surface area contributed by atoms with Crippen LogP contribution in [0.15, 0.2) is 30.5 Å². The number of fused-ring (bicyclic) bond motifs is 1. The van der Waals surface area contributed by atoms with Crippen LogP contribution in [0.1, 0.15) is 213 Å². The van der Waals surface area contributed by atoms with Crippen LogP contribution >= 0.6 is 0 Å². The fourth-order valence-electron chi connectivity index (χ4n) is 19.9. The zero-order chi connectivity index (χ0) is 110. The highest BCUT2D eigenvalue weighted by Crippen LogP contribution is 2.32. The van der Waals surface area contributed by atoms with Crippen LogP contribution in [0.2, 0.25) is 0 Å². The number of likely N-dealkylation sites (tertiary alicyclic amines) is 6. The van der Waals surface area contributed by atoms with E-state index in [0.29, 0.717) is 62.4 Å². The average molecular weight is 2110 g/mol. The molecule has 0 bridgehead atoms. The topological polar surface area (TPSA) is 896 Å². The Labute approximate surface area is 871 Å². The third-order valence-corrected chi connectivity index (χ3v) is 27.8. The summed E-state index contributed by atoms with van der Waals surface area (Å²) >= 11 is 0. The Morgan fingerprint density at radius 2 is 0.640 bits per heavy atom. The van der Waals surface area contributed by atoms with Crippen LogP contribution in [0.25, 0.3) is 10.9 Å². The number of nitrogens with zero attached hydrogens (tertiary/aromatic N) is 6. The third-order valence-electron chi connectivity index (χ3n) is 27.8. The molecule has 1 aromatic heterocycles. The molecule has 0 saturated carbocycles. The van der Waals surface area contributed by atoms with Crippen molar-refractivity contribution in [2.24, 2.45) is 57.7 Å². The van der Waals surface area contributed by atoms with Gasteiger partial charge in [0.1, 0.15) is 90.6 Å². The van der Waals surface area contributed by atoms with Crippen molar-refractivity contribution < 1.29 is 81.8 Å². The number of carboxylic acid groups (broad SMARTS) is 1. The van der Waals surface area contributed by atoms with Crippen molar-refractivity contribution in [1.29, 1.82) is 37.9 Å². The van der Waals surface area contributed by atoms with Crippen molar-refractivity contribution >= 4 is 147 Å². The van der Waals surface area contributed by atoms with Gasteiger partial charge < -0.3 is 170 Å². The summed E-state index contributed by atoms with van der Waals surface area (Å²) < 4.78 is 0. The molecule has 0 spiro atoms. The molecule has 2 aromatic rings. The Bertz CT molecular complexity index is 5080. The highest BCUT2D eigenvalue weighted by molar-refractivity contribution is 6.02. The van der Waals surface area contributed by atoms with E-state index < -0.39 is 197 Å². The van der Waals surface area contributed by atoms with Gasteiger partial charge in [0, 0.05) is 109 Å². The second-order valence-corrected chi connectivity index (χ2v) is 39.5. The van der Waals surface area contributed by atoms with E-state index >= 15 is 43.2 Å². The van der Waals surface area contributed by atoms with Gasteiger partial charge in [0.05, 0.1) is 6.04 Å². The van der Waals surface area contributed by atoms with Crippen LogP contribution < -0.4 is 131 Å². The largest absolute Gasteiger partial charge is 0.480 e. The van der Waals surface area contributed by atoms with E-state index in [4.69, 9.17) is 83.7 Å². The molecule has 6 aliphatic heterocycles. The van der Waals surface area contributed by atoms with E-state index in [1.807, 2.05) is 18.2 Å². The molecule has 41 N–H and O–H groups in total. The van der Waals surface area contributed by atoms with E-state index in [1.165, 1.54) is 29.4 Å². The molecule has 150 heavy (non-hydrogen) atoms. The lowest BCUT2D eigenvalue weighted by atomic mass is 9.96. The number of aromatic amines is 1. The number of aromatic nitrogens is 1. The van der Waals surface area contributed by atoms with Crippen molar-refractivity contribution in [1.82, 2.24) is 119 Å². The normalized spacial score (nSPS) is 19.5. The van der Waals surface area contributed by atoms with Gasteiger partial charge in [-0.2, -0.15) is 0 Å². The number of nitrogens with one attached hydrogen (secondary N) is 24. The van der Waals surface area contributed by atoms with Crippen LogP contribution in [0, 0.1) is 49.7 Å². The second-order valence-electron chi connectivity index (χ2n) is 39.5. The molecule has 15 amide bonds. The Balaban J connectivity index is 0.978. The van der Waals surface area contributed by atoms with E-state index in [-0.39, 0.29) is 268 Å². The van der Waals surface area contributed by atoms with Gasteiger partial charge in [-0.15, -0.1) is 0 Å². The highest BCUT2D eigenvalue weighted by Gasteiger charge is 2.50. The van der Waals surface area contributed by atoms with Gasteiger partial charge in [-0.25, -0.2) is 4.79 Å². The lowest BCUT2D eigenvalue weighted by Gasteiger charge is -2.34. The number of H-pyrrole nitrogens is 1. The molecule has 55 heteroatoms. The number of rotatable bonds is 59. The average Bonchev–Trinajstić information content (AvgIpc) is 1.64. The molecule has 17 atom stereocenters. The van der Waals surface area contributed by atoms with Crippen molar-refractivity contribution in [3.05, 3.63) is 36.0 Å². The number of para-hydroxylation sites is 1. The molecule has 832 valence electrons. The van der Waals surface area contributed by atoms with Gasteiger partial charge in [-0.1, -0.05) is 52.3 Å². The third kappa shape index (κ3) is 36.6. The SMILES string of the molecule is CC[C@H](C)[C@H](NC(=O)[C@H](CCCNC(=N)N)NC(=O)[C@@H](N)CCCNC(=N)N)C(=O)N[C@@H](CCCNC(=N)N)C(=O)N1CCC[C@H]1C(=O)N[C@@H](Cc1c[nH]c2ccccc12)C(=O)N1CCC[C@H]1C(=O)N1CCC[C@H]1C(=O)N[C@@H](CCCNC(=N)N)C(=O)N[C@@H](CC(C)C)C(=O)N1CCC[C@H]1C(=O)N[C@@H](CCCNC(=N)N)C(=O)N1CCC[C@H]1C(=O)N[C@@H](CCCNC(=N)N)C(=O)N1CCC[C@H]1C(=O)N[C@@H](CCCNC(=N)N)C(=O)O. The van der Waals surface area contributed by atoms with Crippen LogP contribution in [0.4, 0.5) is 0 Å². The number of carbonyl (C=O) groups excluding carboxylic acids is 15. The predicted octanol–water partition coefficient (Wildman–Crippen LogP) is -6.63. The lowest BCUT2D eigenvalue weighted by Crippen LogP contribution is -2.61. The zero-order valence-corrected chi connectivity index (χ0v) is 86.3. The van der Waals surface area contributed by atoms with Crippen LogP contribution in [-0.2, 0) is 83.1 Å². The number of benzene rings is 1. The first-order valence-corrected chi connectivity index (χ1v) is 52.0. The van der Waals surface area contributed by atoms with Gasteiger partial charge in [0.25, 0.3) is 0 Å². The Morgan fingerprint density at radius 1 is 0.353 bits per heavy atom. The summed E-state index contributed by atoms with van der Waals surface area (Å²) in [7, 11) is 0. The molecule has 8 rings (SSSR count). The van der Waals surface area contributed by atoms with E-state index in [0.717, 1.165) is 5.39 Å². The number of hydrogen-bond acceptors (Lipinski definition) is 24. The Morgan fingerprint density at radius 3 is 1.02 bits per heavy atom. The fourth-order valence-corrected chi connectivity index (χ4v) is 19.9. The van der Waals surface area contributed by atoms with Crippen LogP contribution in [0.3, 0.4) is 0 Å². The molecule has 0 radical (unpaired) electrons. The summed E-state index contributed by atoms with van der Waals surface area (Å²) in [6.07, 6.45) is 5.68. The molecule has 1 aromatic carbocycles. The van der Waals surface area contributed by atoms with Gasteiger partial charge in [0.2, 0.25) is 88.6 Å². The van der Waals surface area contributed by atoms with E-state index in [1.54, 1.807) is 40.0 Å². The van der Waals surface area contributed by atoms with Crippen molar-refractivity contribution in [3.8, 4) is 0 Å². The first kappa shape index (κ1) is 120. The number of amides is 15. The maximum Gasteiger partial charge on any atom is 0.326 e. The van der Waals surface area contributed by atoms with Crippen molar-refractivity contribution in [3.63, 3.8) is 0 Å². The lowest BCUT2D eigenvalue weighted by molar-refractivity contribution is -0.148. The smallest absolute Gasteiger partial charge is 0.326 e. The van der Waals surface area contributed by atoms with Gasteiger partial charge in [0.15, 0.2) is 41.7 Å². The van der Waals surface area contributed by atoms with Crippen molar-refractivity contribution in [2.75, 3.05) is 85.1 Å². The number of carboxylic acids is 1. The number of carbonyl (C=O) groups is 16. The molecular formula is C95H160N38O17. The highest BCUT2D eigenvalue weighted by atomic mass is 16.4. The molecule has 0 aliphatic carbocycles. The van der Waals surface area contributed by atoms with Gasteiger partial charge in [-0.05, 0) is 197 Å². The van der Waals surface area contributed by atoms with Gasteiger partial charge >= 0.3 is 5.97 Å². The summed E-state index contributed by atoms with van der Waals surface area (Å²) in [6.45, 7) is 8.17. The number of aliphatic carboxylic acids is 1.